The number of nitrogens with two attached hydrogens (primary N) is 1. The molecule has 0 aromatic carbocycles. The van der Waals surface area contributed by atoms with Crippen LogP contribution in [0.25, 0.3) is 5.65 Å². The minimum atomic E-state index is -1.04. The van der Waals surface area contributed by atoms with Crippen molar-refractivity contribution in [1.82, 2.24) is 14.4 Å². The lowest BCUT2D eigenvalue weighted by molar-refractivity contribution is -0.138. The summed E-state index contributed by atoms with van der Waals surface area (Å²) in [4.78, 5) is 18.8. The zero-order chi connectivity index (χ0) is 10.8. The number of carboxylic acid groups (broad SMARTS) is 1. The van der Waals surface area contributed by atoms with E-state index in [-0.39, 0.29) is 6.42 Å². The van der Waals surface area contributed by atoms with Crippen LogP contribution in [0.5, 0.6) is 0 Å². The van der Waals surface area contributed by atoms with Gasteiger partial charge in [0.2, 0.25) is 0 Å². The number of carbonyl (C=O) groups is 1. The Morgan fingerprint density at radius 1 is 1.47 bits per heavy atom. The fraction of sp³-hybridized carbons (Fsp3) is 0.222. The van der Waals surface area contributed by atoms with E-state index in [1.54, 1.807) is 29.2 Å². The maximum atomic E-state index is 10.6. The van der Waals surface area contributed by atoms with Crippen LogP contribution in [-0.2, 0) is 11.2 Å². The zero-order valence-electron chi connectivity index (χ0n) is 7.87. The van der Waals surface area contributed by atoms with E-state index in [0.29, 0.717) is 11.3 Å². The summed E-state index contributed by atoms with van der Waals surface area (Å²) in [6.45, 7) is 0. The molecule has 0 aliphatic heterocycles. The Hall–Kier alpha value is -1.95. The molecule has 0 saturated carbocycles. The second-order valence-corrected chi connectivity index (χ2v) is 3.18. The number of aromatic nitrogens is 3. The van der Waals surface area contributed by atoms with Gasteiger partial charge in [0.1, 0.15) is 6.04 Å². The van der Waals surface area contributed by atoms with Gasteiger partial charge >= 0.3 is 5.97 Å². The lowest BCUT2D eigenvalue weighted by Crippen LogP contribution is -2.32. The van der Waals surface area contributed by atoms with Crippen molar-refractivity contribution in [3.8, 4) is 0 Å². The number of aliphatic carboxylic acids is 1. The second kappa shape index (κ2) is 3.66. The minimum Gasteiger partial charge on any atom is -0.480 e. The van der Waals surface area contributed by atoms with Gasteiger partial charge in [-0.25, -0.2) is 4.98 Å². The van der Waals surface area contributed by atoms with Crippen LogP contribution in [0.3, 0.4) is 0 Å². The van der Waals surface area contributed by atoms with E-state index in [1.807, 2.05) is 0 Å². The average Bonchev–Trinajstić information content (AvgIpc) is 2.66. The predicted octanol–water partition coefficient (Wildman–Crippen LogP) is -0.316. The first kappa shape index (κ1) is 9.60. The molecule has 6 heteroatoms. The molecule has 6 nitrogen and oxygen atoms in total. The zero-order valence-corrected chi connectivity index (χ0v) is 7.87. The van der Waals surface area contributed by atoms with Crippen LogP contribution in [-0.4, -0.2) is 31.5 Å². The number of rotatable bonds is 3. The van der Waals surface area contributed by atoms with Gasteiger partial charge in [-0.05, 0) is 0 Å². The molecule has 1 atom stereocenters. The topological polar surface area (TPSA) is 93.5 Å². The summed E-state index contributed by atoms with van der Waals surface area (Å²) in [5.41, 5.74) is 6.67. The van der Waals surface area contributed by atoms with Gasteiger partial charge in [-0.1, -0.05) is 0 Å². The van der Waals surface area contributed by atoms with Crippen LogP contribution in [0, 0.1) is 0 Å². The predicted molar refractivity (Wildman–Crippen MR) is 52.3 cm³/mol. The van der Waals surface area contributed by atoms with Crippen molar-refractivity contribution in [3.05, 3.63) is 30.5 Å². The molecule has 2 aromatic rings. The Labute approximate surface area is 85.4 Å². The number of carboxylic acids is 1. The Kier molecular flexibility index (Phi) is 2.34. The largest absolute Gasteiger partial charge is 0.480 e. The quantitative estimate of drug-likeness (QED) is 0.718. The van der Waals surface area contributed by atoms with Crippen molar-refractivity contribution in [2.75, 3.05) is 0 Å². The van der Waals surface area contributed by atoms with Gasteiger partial charge in [-0.3, -0.25) is 9.78 Å². The molecule has 78 valence electrons. The molecular formula is C9H10N4O2. The van der Waals surface area contributed by atoms with Gasteiger partial charge in [0.05, 0.1) is 5.69 Å². The maximum Gasteiger partial charge on any atom is 0.320 e. The number of fused-ring (bicyclic) bond motifs is 1. The molecular weight excluding hydrogens is 196 g/mol. The Bertz CT molecular complexity index is 494. The van der Waals surface area contributed by atoms with Crippen LogP contribution in [0.1, 0.15) is 5.69 Å². The van der Waals surface area contributed by atoms with Crippen molar-refractivity contribution >= 4 is 11.6 Å². The van der Waals surface area contributed by atoms with E-state index in [2.05, 4.69) is 9.97 Å². The molecule has 0 aliphatic rings. The number of imidazole rings is 1. The van der Waals surface area contributed by atoms with E-state index in [4.69, 9.17) is 10.8 Å². The highest BCUT2D eigenvalue weighted by Gasteiger charge is 2.15. The molecule has 0 bridgehead atoms. The molecule has 2 rings (SSSR count). The van der Waals surface area contributed by atoms with Crippen LogP contribution >= 0.6 is 0 Å². The van der Waals surface area contributed by atoms with E-state index in [1.165, 1.54) is 0 Å². The van der Waals surface area contributed by atoms with Crippen molar-refractivity contribution in [2.45, 2.75) is 12.5 Å². The fourth-order valence-corrected chi connectivity index (χ4v) is 1.35. The lowest BCUT2D eigenvalue weighted by atomic mass is 10.2. The smallest absolute Gasteiger partial charge is 0.320 e. The van der Waals surface area contributed by atoms with Crippen molar-refractivity contribution in [3.63, 3.8) is 0 Å². The first-order valence-electron chi connectivity index (χ1n) is 4.43. The molecule has 0 fully saturated rings. The molecule has 2 aromatic heterocycles. The van der Waals surface area contributed by atoms with Gasteiger partial charge in [0.25, 0.3) is 0 Å². The fourth-order valence-electron chi connectivity index (χ4n) is 1.35. The van der Waals surface area contributed by atoms with E-state index in [0.717, 1.165) is 0 Å². The van der Waals surface area contributed by atoms with E-state index >= 15 is 0 Å². The first-order valence-corrected chi connectivity index (χ1v) is 4.43. The van der Waals surface area contributed by atoms with Gasteiger partial charge in [0.15, 0.2) is 5.65 Å². The van der Waals surface area contributed by atoms with Gasteiger partial charge in [-0.2, -0.15) is 0 Å². The molecule has 0 spiro atoms. The summed E-state index contributed by atoms with van der Waals surface area (Å²) in [6, 6.07) is -0.944. The first-order chi connectivity index (χ1) is 7.18. The van der Waals surface area contributed by atoms with Crippen LogP contribution < -0.4 is 5.73 Å². The molecule has 2 heterocycles. The molecule has 0 saturated heterocycles. The highest BCUT2D eigenvalue weighted by Crippen LogP contribution is 2.07. The standard InChI is InChI=1S/C9H10N4O2/c10-6(9(14)15)5-7-8-12-2-4-13(8)3-1-11-7/h1-4,6H,5,10H2,(H,14,15). The maximum absolute atomic E-state index is 10.6. The third kappa shape index (κ3) is 1.79. The summed E-state index contributed by atoms with van der Waals surface area (Å²) in [5.74, 6) is -1.04. The molecule has 0 amide bonds. The summed E-state index contributed by atoms with van der Waals surface area (Å²) in [7, 11) is 0. The van der Waals surface area contributed by atoms with Crippen molar-refractivity contribution < 1.29 is 9.90 Å². The third-order valence-electron chi connectivity index (χ3n) is 2.11. The lowest BCUT2D eigenvalue weighted by Gasteiger charge is -2.06. The van der Waals surface area contributed by atoms with Crippen molar-refractivity contribution in [2.24, 2.45) is 5.73 Å². The molecule has 15 heavy (non-hydrogen) atoms. The summed E-state index contributed by atoms with van der Waals surface area (Å²) in [6.07, 6.45) is 6.92. The summed E-state index contributed by atoms with van der Waals surface area (Å²) >= 11 is 0. The van der Waals surface area contributed by atoms with Crippen LogP contribution in [0.4, 0.5) is 0 Å². The third-order valence-corrected chi connectivity index (χ3v) is 2.11. The summed E-state index contributed by atoms with van der Waals surface area (Å²) < 4.78 is 1.77. The van der Waals surface area contributed by atoms with E-state index < -0.39 is 12.0 Å². The van der Waals surface area contributed by atoms with Crippen LogP contribution in [0.15, 0.2) is 24.8 Å². The molecule has 0 radical (unpaired) electrons. The highest BCUT2D eigenvalue weighted by molar-refractivity contribution is 5.73. The number of hydrogen-bond donors (Lipinski definition) is 2. The average molecular weight is 206 g/mol. The Morgan fingerprint density at radius 3 is 2.80 bits per heavy atom. The van der Waals surface area contributed by atoms with Crippen molar-refractivity contribution in [1.29, 1.82) is 0 Å². The monoisotopic (exact) mass is 206 g/mol. The second-order valence-electron chi connectivity index (χ2n) is 3.18. The Balaban J connectivity index is 2.35. The van der Waals surface area contributed by atoms with Crippen LogP contribution in [0.2, 0.25) is 0 Å². The van der Waals surface area contributed by atoms with Gasteiger partial charge in [0, 0.05) is 31.2 Å². The van der Waals surface area contributed by atoms with E-state index in [9.17, 15) is 4.79 Å². The molecule has 3 N–H and O–H groups in total. The Morgan fingerprint density at radius 2 is 2.13 bits per heavy atom. The van der Waals surface area contributed by atoms with Gasteiger partial charge in [-0.15, -0.1) is 0 Å². The minimum absolute atomic E-state index is 0.177. The molecule has 1 unspecified atom stereocenters. The highest BCUT2D eigenvalue weighted by atomic mass is 16.4. The normalized spacial score (nSPS) is 12.9. The number of hydrogen-bond acceptors (Lipinski definition) is 4. The molecule has 0 aliphatic carbocycles. The summed E-state index contributed by atoms with van der Waals surface area (Å²) in [5, 5.41) is 8.69. The SMILES string of the molecule is NC(Cc1nccn2ccnc12)C(=O)O. The number of nitrogens with zero attached hydrogens (tertiary/aromatic N) is 3. The van der Waals surface area contributed by atoms with Gasteiger partial charge < -0.3 is 15.2 Å².